The number of nitrogens with zero attached hydrogens (tertiary/aromatic N) is 3. The van der Waals surface area contributed by atoms with Crippen LogP contribution >= 0.6 is 34.7 Å². The predicted molar refractivity (Wildman–Crippen MR) is 129 cm³/mol. The molecule has 2 aromatic carbocycles. The Balaban J connectivity index is 1.61. The summed E-state index contributed by atoms with van der Waals surface area (Å²) in [4.78, 5) is 25.1. The average Bonchev–Trinajstić information content (AvgIpc) is 3.26. The maximum atomic E-state index is 13.3. The van der Waals surface area contributed by atoms with Crippen LogP contribution in [0.2, 0.25) is 5.02 Å². The first-order valence-corrected chi connectivity index (χ1v) is 11.8. The highest BCUT2D eigenvalue weighted by Gasteiger charge is 2.22. The molecule has 1 amide bonds. The van der Waals surface area contributed by atoms with E-state index in [0.717, 1.165) is 32.1 Å². The summed E-state index contributed by atoms with van der Waals surface area (Å²) in [7, 11) is 1.63. The van der Waals surface area contributed by atoms with Gasteiger partial charge in [0.25, 0.3) is 0 Å². The van der Waals surface area contributed by atoms with E-state index in [1.165, 1.54) is 23.1 Å². The van der Waals surface area contributed by atoms with Gasteiger partial charge in [0, 0.05) is 11.1 Å². The van der Waals surface area contributed by atoms with Crippen molar-refractivity contribution >= 4 is 56.0 Å². The monoisotopic (exact) mass is 469 g/mol. The number of pyridine rings is 1. The van der Waals surface area contributed by atoms with E-state index in [-0.39, 0.29) is 11.7 Å². The van der Waals surface area contributed by atoms with Crippen LogP contribution in [-0.2, 0) is 11.3 Å². The van der Waals surface area contributed by atoms with Crippen LogP contribution in [0.15, 0.2) is 65.7 Å². The molecular weight excluding hydrogens is 450 g/mol. The van der Waals surface area contributed by atoms with Crippen LogP contribution < -0.4 is 9.64 Å². The standard InChI is InChI=1S/C23H20ClN3O2S2/c1-15-6-11-19(24)22-21(15)26-23(31-22)27(13-16-5-3-4-12-25-16)20(28)14-30-18-9-7-17(29-2)8-10-18/h3-12H,13-14H2,1-2H3. The second-order valence-electron chi connectivity index (χ2n) is 6.80. The first-order valence-electron chi connectivity index (χ1n) is 9.58. The minimum absolute atomic E-state index is 0.0423. The Hall–Kier alpha value is -2.61. The van der Waals surface area contributed by atoms with Gasteiger partial charge in [-0.25, -0.2) is 4.98 Å². The van der Waals surface area contributed by atoms with E-state index in [2.05, 4.69) is 4.98 Å². The van der Waals surface area contributed by atoms with Gasteiger partial charge in [-0.1, -0.05) is 35.1 Å². The molecule has 0 unspecified atom stereocenters. The highest BCUT2D eigenvalue weighted by atomic mass is 35.5. The molecule has 2 heterocycles. The fourth-order valence-electron chi connectivity index (χ4n) is 3.02. The van der Waals surface area contributed by atoms with Crippen molar-refractivity contribution in [2.45, 2.75) is 18.4 Å². The van der Waals surface area contributed by atoms with E-state index < -0.39 is 0 Å². The number of anilines is 1. The molecule has 0 aliphatic carbocycles. The number of hydrogen-bond acceptors (Lipinski definition) is 6. The van der Waals surface area contributed by atoms with Crippen molar-refractivity contribution in [3.8, 4) is 5.75 Å². The summed E-state index contributed by atoms with van der Waals surface area (Å²) in [6.45, 7) is 2.34. The number of ether oxygens (including phenoxy) is 1. The number of methoxy groups -OCH3 is 1. The molecule has 0 aliphatic heterocycles. The molecule has 0 N–H and O–H groups in total. The topological polar surface area (TPSA) is 55.3 Å². The molecule has 0 spiro atoms. The fourth-order valence-corrected chi connectivity index (χ4v) is 5.12. The van der Waals surface area contributed by atoms with Crippen molar-refractivity contribution in [2.75, 3.05) is 17.8 Å². The largest absolute Gasteiger partial charge is 0.497 e. The van der Waals surface area contributed by atoms with E-state index in [0.29, 0.717) is 16.7 Å². The van der Waals surface area contributed by atoms with Crippen molar-refractivity contribution in [2.24, 2.45) is 0 Å². The number of rotatable bonds is 7. The lowest BCUT2D eigenvalue weighted by atomic mass is 10.2. The minimum Gasteiger partial charge on any atom is -0.497 e. The molecule has 0 saturated carbocycles. The maximum Gasteiger partial charge on any atom is 0.239 e. The Kier molecular flexibility index (Phi) is 6.75. The highest BCUT2D eigenvalue weighted by Crippen LogP contribution is 2.36. The van der Waals surface area contributed by atoms with Gasteiger partial charge in [0.2, 0.25) is 5.91 Å². The second kappa shape index (κ2) is 9.68. The Morgan fingerprint density at radius 1 is 1.16 bits per heavy atom. The number of thiazole rings is 1. The zero-order valence-corrected chi connectivity index (χ0v) is 19.4. The van der Waals surface area contributed by atoms with E-state index in [1.807, 2.05) is 61.5 Å². The van der Waals surface area contributed by atoms with E-state index >= 15 is 0 Å². The predicted octanol–water partition coefficient (Wildman–Crippen LogP) is 5.99. The van der Waals surface area contributed by atoms with Crippen LogP contribution in [0.5, 0.6) is 5.75 Å². The molecule has 0 fully saturated rings. The molecule has 0 radical (unpaired) electrons. The normalized spacial score (nSPS) is 10.9. The van der Waals surface area contributed by atoms with Crippen LogP contribution in [-0.4, -0.2) is 28.7 Å². The first kappa shape index (κ1) is 21.6. The molecule has 2 aromatic heterocycles. The van der Waals surface area contributed by atoms with E-state index in [4.69, 9.17) is 21.3 Å². The van der Waals surface area contributed by atoms with Gasteiger partial charge in [-0.3, -0.25) is 14.7 Å². The number of benzene rings is 2. The van der Waals surface area contributed by atoms with Gasteiger partial charge in [-0.2, -0.15) is 0 Å². The van der Waals surface area contributed by atoms with Gasteiger partial charge in [0.1, 0.15) is 5.75 Å². The number of amides is 1. The van der Waals surface area contributed by atoms with Gasteiger partial charge in [-0.15, -0.1) is 11.8 Å². The first-order chi connectivity index (χ1) is 15.0. The van der Waals surface area contributed by atoms with Crippen molar-refractivity contribution in [1.29, 1.82) is 0 Å². The molecule has 158 valence electrons. The Morgan fingerprint density at radius 2 is 1.97 bits per heavy atom. The third kappa shape index (κ3) is 5.01. The number of aromatic nitrogens is 2. The second-order valence-corrected chi connectivity index (χ2v) is 9.24. The SMILES string of the molecule is COc1ccc(SCC(=O)N(Cc2ccccn2)c2nc3c(C)ccc(Cl)c3s2)cc1. The quantitative estimate of drug-likeness (QED) is 0.311. The van der Waals surface area contributed by atoms with Gasteiger partial charge in [0.05, 0.1) is 40.3 Å². The van der Waals surface area contributed by atoms with Crippen LogP contribution in [0.25, 0.3) is 10.2 Å². The Labute approximate surface area is 194 Å². The van der Waals surface area contributed by atoms with Gasteiger partial charge < -0.3 is 4.74 Å². The van der Waals surface area contributed by atoms with E-state index in [9.17, 15) is 4.79 Å². The van der Waals surface area contributed by atoms with Gasteiger partial charge >= 0.3 is 0 Å². The number of halogens is 1. The van der Waals surface area contributed by atoms with Crippen molar-refractivity contribution in [3.05, 3.63) is 77.1 Å². The highest BCUT2D eigenvalue weighted by molar-refractivity contribution is 8.00. The summed E-state index contributed by atoms with van der Waals surface area (Å²) in [5.74, 6) is 1.02. The lowest BCUT2D eigenvalue weighted by molar-refractivity contribution is -0.116. The van der Waals surface area contributed by atoms with Crippen LogP contribution in [0.3, 0.4) is 0 Å². The summed E-state index contributed by atoms with van der Waals surface area (Å²) < 4.78 is 6.08. The Morgan fingerprint density at radius 3 is 2.65 bits per heavy atom. The molecule has 31 heavy (non-hydrogen) atoms. The molecule has 0 bridgehead atoms. The zero-order chi connectivity index (χ0) is 21.8. The van der Waals surface area contributed by atoms with Crippen molar-refractivity contribution in [1.82, 2.24) is 9.97 Å². The summed E-state index contributed by atoms with van der Waals surface area (Å²) in [5.41, 5.74) is 2.65. The zero-order valence-electron chi connectivity index (χ0n) is 17.0. The summed E-state index contributed by atoms with van der Waals surface area (Å²) in [6.07, 6.45) is 1.73. The summed E-state index contributed by atoms with van der Waals surface area (Å²) in [5, 5.41) is 1.26. The molecular formula is C23H20ClN3O2S2. The average molecular weight is 470 g/mol. The number of carbonyl (C=O) groups is 1. The third-order valence-corrected chi connectivity index (χ3v) is 7.22. The van der Waals surface area contributed by atoms with Crippen LogP contribution in [0, 0.1) is 6.92 Å². The number of carbonyl (C=O) groups excluding carboxylic acids is 1. The fraction of sp³-hybridized carbons (Fsp3) is 0.174. The van der Waals surface area contributed by atoms with Gasteiger partial charge in [-0.05, 0) is 55.0 Å². The number of hydrogen-bond donors (Lipinski definition) is 0. The smallest absolute Gasteiger partial charge is 0.239 e. The molecule has 0 saturated heterocycles. The van der Waals surface area contributed by atoms with Gasteiger partial charge in [0.15, 0.2) is 5.13 Å². The van der Waals surface area contributed by atoms with Crippen molar-refractivity contribution < 1.29 is 9.53 Å². The molecule has 4 aromatic rings. The Bertz CT molecular complexity index is 1160. The van der Waals surface area contributed by atoms with Crippen LogP contribution in [0.1, 0.15) is 11.3 Å². The lowest BCUT2D eigenvalue weighted by Gasteiger charge is -2.19. The summed E-state index contributed by atoms with van der Waals surface area (Å²) >= 11 is 9.30. The van der Waals surface area contributed by atoms with E-state index in [1.54, 1.807) is 18.2 Å². The molecule has 5 nitrogen and oxygen atoms in total. The minimum atomic E-state index is -0.0423. The molecule has 0 aliphatic rings. The number of fused-ring (bicyclic) bond motifs is 1. The van der Waals surface area contributed by atoms with Crippen molar-refractivity contribution in [3.63, 3.8) is 0 Å². The molecule has 4 rings (SSSR count). The maximum absolute atomic E-state index is 13.3. The van der Waals surface area contributed by atoms with Crippen LogP contribution in [0.4, 0.5) is 5.13 Å². The number of aryl methyl sites for hydroxylation is 1. The number of thioether (sulfide) groups is 1. The summed E-state index contributed by atoms with van der Waals surface area (Å²) in [6, 6.07) is 17.1. The molecule has 0 atom stereocenters. The lowest BCUT2D eigenvalue weighted by Crippen LogP contribution is -2.32. The third-order valence-electron chi connectivity index (χ3n) is 4.69. The molecule has 8 heteroatoms.